The van der Waals surface area contributed by atoms with Gasteiger partial charge in [0.25, 0.3) is 0 Å². The number of anilines is 3. The molecular weight excluding hydrogens is 711 g/mol. The van der Waals surface area contributed by atoms with Crippen molar-refractivity contribution in [3.05, 3.63) is 258 Å². The van der Waals surface area contributed by atoms with E-state index in [1.54, 1.807) is 0 Å². The molecule has 280 valence electrons. The molecule has 0 N–H and O–H groups in total. The highest BCUT2D eigenvalue weighted by atomic mass is 15.1. The summed E-state index contributed by atoms with van der Waals surface area (Å²) in [4.78, 5) is 2.49. The first-order valence-corrected chi connectivity index (χ1v) is 20.6. The van der Waals surface area contributed by atoms with E-state index >= 15 is 0 Å². The zero-order chi connectivity index (χ0) is 39.7. The van der Waals surface area contributed by atoms with Gasteiger partial charge in [0.1, 0.15) is 0 Å². The van der Waals surface area contributed by atoms with E-state index in [0.717, 1.165) is 17.1 Å². The molecule has 0 aromatic heterocycles. The Bertz CT molecular complexity index is 3040. The van der Waals surface area contributed by atoms with Crippen LogP contribution >= 0.6 is 0 Å². The van der Waals surface area contributed by atoms with Crippen LogP contribution in [-0.4, -0.2) is 0 Å². The predicted octanol–water partition coefficient (Wildman–Crippen LogP) is 15.1. The summed E-state index contributed by atoms with van der Waals surface area (Å²) < 4.78 is 0. The van der Waals surface area contributed by atoms with Gasteiger partial charge >= 0.3 is 0 Å². The number of nitrogens with zero attached hydrogens (tertiary/aromatic N) is 1. The Hall–Kier alpha value is -7.22. The molecule has 0 saturated heterocycles. The summed E-state index contributed by atoms with van der Waals surface area (Å²) in [6, 6.07) is 72.0. The molecule has 0 saturated carbocycles. The van der Waals surface area contributed by atoms with E-state index in [1.165, 1.54) is 83.5 Å². The molecule has 3 aliphatic carbocycles. The van der Waals surface area contributed by atoms with Gasteiger partial charge in [-0.3, -0.25) is 0 Å². The highest BCUT2D eigenvalue weighted by Gasteiger charge is 2.53. The number of rotatable bonds is 7. The molecule has 0 amide bonds. The summed E-state index contributed by atoms with van der Waals surface area (Å²) in [5.41, 5.74) is 22.0. The van der Waals surface area contributed by atoms with E-state index in [4.69, 9.17) is 0 Å². The van der Waals surface area contributed by atoms with Gasteiger partial charge in [-0.15, -0.1) is 0 Å². The molecular formula is C58H43N. The van der Waals surface area contributed by atoms with Crippen molar-refractivity contribution in [2.75, 3.05) is 4.90 Å². The van der Waals surface area contributed by atoms with E-state index < -0.39 is 5.41 Å². The van der Waals surface area contributed by atoms with Gasteiger partial charge in [-0.2, -0.15) is 0 Å². The number of allylic oxidation sites excluding steroid dienone is 5. The summed E-state index contributed by atoms with van der Waals surface area (Å²) in [5.74, 6) is 0. The second-order valence-electron chi connectivity index (χ2n) is 16.4. The van der Waals surface area contributed by atoms with Crippen LogP contribution in [0.1, 0.15) is 52.8 Å². The zero-order valence-corrected chi connectivity index (χ0v) is 33.4. The molecule has 1 heteroatoms. The van der Waals surface area contributed by atoms with Crippen molar-refractivity contribution in [1.29, 1.82) is 0 Å². The number of para-hydroxylation sites is 1. The Morgan fingerprint density at radius 2 is 0.932 bits per heavy atom. The van der Waals surface area contributed by atoms with Gasteiger partial charge in [-0.05, 0) is 108 Å². The summed E-state index contributed by atoms with van der Waals surface area (Å²) in [6.07, 6.45) is 6.22. The molecule has 3 aliphatic rings. The summed E-state index contributed by atoms with van der Waals surface area (Å²) in [5, 5.41) is 0. The van der Waals surface area contributed by atoms with E-state index in [9.17, 15) is 0 Å². The molecule has 11 rings (SSSR count). The van der Waals surface area contributed by atoms with Crippen LogP contribution in [0.15, 0.2) is 219 Å². The van der Waals surface area contributed by atoms with Gasteiger partial charge in [0.2, 0.25) is 0 Å². The van der Waals surface area contributed by atoms with Crippen molar-refractivity contribution in [3.63, 3.8) is 0 Å². The normalized spacial score (nSPS) is 16.4. The third kappa shape index (κ3) is 5.04. The van der Waals surface area contributed by atoms with Crippen molar-refractivity contribution in [3.8, 4) is 33.4 Å². The number of hydrogen-bond acceptors (Lipinski definition) is 1. The van der Waals surface area contributed by atoms with Crippen molar-refractivity contribution in [2.45, 2.75) is 24.7 Å². The fourth-order valence-electron chi connectivity index (χ4n) is 10.6. The second kappa shape index (κ2) is 13.4. The van der Waals surface area contributed by atoms with Gasteiger partial charge in [-0.1, -0.05) is 202 Å². The lowest BCUT2D eigenvalue weighted by Gasteiger charge is -2.34. The smallest absolute Gasteiger partial charge is 0.0731 e. The van der Waals surface area contributed by atoms with E-state index in [2.05, 4.69) is 232 Å². The Balaban J connectivity index is 1.19. The molecule has 0 aliphatic heterocycles. The minimum atomic E-state index is -0.514. The van der Waals surface area contributed by atoms with Crippen LogP contribution in [0.3, 0.4) is 0 Å². The Kier molecular flexibility index (Phi) is 7.97. The maximum absolute atomic E-state index is 4.06. The molecule has 1 nitrogen and oxygen atoms in total. The lowest BCUT2D eigenvalue weighted by atomic mass is 9.68. The molecule has 8 aromatic rings. The fraction of sp³-hybridized carbons (Fsp3) is 0.0690. The van der Waals surface area contributed by atoms with Crippen molar-refractivity contribution in [2.24, 2.45) is 0 Å². The average molecular weight is 754 g/mol. The number of benzene rings is 8. The van der Waals surface area contributed by atoms with Gasteiger partial charge in [0.15, 0.2) is 0 Å². The Morgan fingerprint density at radius 1 is 0.424 bits per heavy atom. The molecule has 1 spiro atoms. The molecule has 0 bridgehead atoms. The maximum Gasteiger partial charge on any atom is 0.0731 e. The molecule has 8 aromatic carbocycles. The average Bonchev–Trinajstić information content (AvgIpc) is 3.84. The highest BCUT2D eigenvalue weighted by molar-refractivity contribution is 6.12. The zero-order valence-electron chi connectivity index (χ0n) is 33.4. The third-order valence-electron chi connectivity index (χ3n) is 13.1. The van der Waals surface area contributed by atoms with Crippen LogP contribution < -0.4 is 4.90 Å². The van der Waals surface area contributed by atoms with Crippen molar-refractivity contribution >= 4 is 28.2 Å². The van der Waals surface area contributed by atoms with Crippen LogP contribution in [0.4, 0.5) is 17.1 Å². The van der Waals surface area contributed by atoms with Crippen LogP contribution in [0.5, 0.6) is 0 Å². The highest BCUT2D eigenvalue weighted by Crippen LogP contribution is 2.65. The molecule has 0 fully saturated rings. The van der Waals surface area contributed by atoms with Crippen LogP contribution in [0.2, 0.25) is 0 Å². The minimum Gasteiger partial charge on any atom is -0.310 e. The first-order chi connectivity index (χ1) is 29.0. The van der Waals surface area contributed by atoms with Gasteiger partial charge < -0.3 is 4.90 Å². The Labute approximate surface area is 347 Å². The fourth-order valence-corrected chi connectivity index (χ4v) is 10.6. The van der Waals surface area contributed by atoms with Crippen LogP contribution in [0, 0.1) is 0 Å². The lowest BCUT2D eigenvalue weighted by Crippen LogP contribution is -2.26. The van der Waals surface area contributed by atoms with Gasteiger partial charge in [0, 0.05) is 22.4 Å². The predicted molar refractivity (Wildman–Crippen MR) is 248 cm³/mol. The standard InChI is InChI=1S/C58H43N/c1-4-5-24-48-45-27-13-17-30-51(45)58(56(48)40-22-10-7-11-23-40)52-31-18-14-28-46(52)49-37-41(34-36-53(49)58)59(55-32-19-15-25-43(55)39-20-8-6-9-21-39)42-33-35-47-44-26-12-16-29-50(44)57(2,3)54(47)38-42/h4-38H,1H2,2-3H3/b24-5-. The van der Waals surface area contributed by atoms with Gasteiger partial charge in [-0.25, -0.2) is 0 Å². The molecule has 0 radical (unpaired) electrons. The van der Waals surface area contributed by atoms with Gasteiger partial charge in [0.05, 0.1) is 11.1 Å². The second-order valence-corrected chi connectivity index (χ2v) is 16.4. The summed E-state index contributed by atoms with van der Waals surface area (Å²) >= 11 is 0. The number of fused-ring (bicyclic) bond motifs is 10. The van der Waals surface area contributed by atoms with Crippen LogP contribution in [-0.2, 0) is 10.8 Å². The summed E-state index contributed by atoms with van der Waals surface area (Å²) in [6.45, 7) is 8.79. The van der Waals surface area contributed by atoms with Crippen molar-refractivity contribution in [1.82, 2.24) is 0 Å². The molecule has 59 heavy (non-hydrogen) atoms. The topological polar surface area (TPSA) is 3.24 Å². The van der Waals surface area contributed by atoms with Crippen molar-refractivity contribution < 1.29 is 0 Å². The Morgan fingerprint density at radius 3 is 1.64 bits per heavy atom. The third-order valence-corrected chi connectivity index (χ3v) is 13.1. The quantitative estimate of drug-likeness (QED) is 0.147. The lowest BCUT2D eigenvalue weighted by molar-refractivity contribution is 0.660. The molecule has 1 unspecified atom stereocenters. The molecule has 1 atom stereocenters. The minimum absolute atomic E-state index is 0.135. The van der Waals surface area contributed by atoms with E-state index in [-0.39, 0.29) is 5.41 Å². The number of hydrogen-bond donors (Lipinski definition) is 0. The maximum atomic E-state index is 4.06. The van der Waals surface area contributed by atoms with Crippen LogP contribution in [0.25, 0.3) is 44.5 Å². The monoisotopic (exact) mass is 753 g/mol. The van der Waals surface area contributed by atoms with E-state index in [1.807, 2.05) is 6.08 Å². The summed E-state index contributed by atoms with van der Waals surface area (Å²) in [7, 11) is 0. The largest absolute Gasteiger partial charge is 0.310 e. The first kappa shape index (κ1) is 35.0. The SMILES string of the molecule is C=C/C=C\C1=C(c2ccccc2)C2(c3ccccc31)c1ccccc1-c1cc(N(c3ccc4c(c3)C(C)(C)c3ccccc3-4)c3ccccc3-c3ccccc3)ccc12. The van der Waals surface area contributed by atoms with E-state index in [0.29, 0.717) is 0 Å². The first-order valence-electron chi connectivity index (χ1n) is 20.6. The molecule has 0 heterocycles.